The molecule has 1 aliphatic carbocycles. The first-order valence-electron chi connectivity index (χ1n) is 14.3. The molecule has 3 heterocycles. The Kier molecular flexibility index (Phi) is 7.78. The van der Waals surface area contributed by atoms with Gasteiger partial charge in [0.2, 0.25) is 11.5 Å². The molecule has 1 unspecified atom stereocenters. The van der Waals surface area contributed by atoms with Gasteiger partial charge in [0.25, 0.3) is 5.91 Å². The summed E-state index contributed by atoms with van der Waals surface area (Å²) in [6.07, 6.45) is -2.30. The maximum absolute atomic E-state index is 14.8. The van der Waals surface area contributed by atoms with Gasteiger partial charge in [-0.05, 0) is 68.3 Å². The van der Waals surface area contributed by atoms with Gasteiger partial charge in [-0.25, -0.2) is 14.1 Å². The lowest BCUT2D eigenvalue weighted by molar-refractivity contribution is -0.265. The van der Waals surface area contributed by atoms with Crippen LogP contribution >= 0.6 is 0 Å². The molecule has 4 N–H and O–H groups in total. The molecular formula is C31H28F4N6O6. The van der Waals surface area contributed by atoms with Crippen molar-refractivity contribution >= 4 is 11.8 Å². The predicted octanol–water partition coefficient (Wildman–Crippen LogP) is 3.33. The molecule has 12 nitrogen and oxygen atoms in total. The Morgan fingerprint density at radius 1 is 1.15 bits per heavy atom. The monoisotopic (exact) mass is 656 g/mol. The molecule has 0 bridgehead atoms. The first-order valence-corrected chi connectivity index (χ1v) is 14.3. The number of pyridine rings is 1. The fourth-order valence-electron chi connectivity index (χ4n) is 4.98. The molecule has 2 aromatic heterocycles. The number of fused-ring (bicyclic) bond motifs is 1. The summed E-state index contributed by atoms with van der Waals surface area (Å²) in [6, 6.07) is 10.2. The first kappa shape index (κ1) is 31.7. The van der Waals surface area contributed by atoms with Crippen molar-refractivity contribution in [2.75, 3.05) is 20.3 Å². The summed E-state index contributed by atoms with van der Waals surface area (Å²) < 4.78 is 75.7. The molecule has 2 amide bonds. The lowest BCUT2D eigenvalue weighted by atomic mass is 9.82. The standard InChI is InChI=1S/C31H28F4N6O6/c1-29(28(36)43)15-46-26-20(29)12-24(38-25(26)21-13-41(40-39-21)18-6-4-17(32)5-7-18)30(44,31(33,34)35)14-37-27(42)16-3-10-22(23(11-16)45-2)47-19-8-9-19/h3-7,10-13,19,44H,8-9,14-15H2,1-2H3,(H2,36,43)(H,37,42)/t29-,30?/m0/s1. The molecule has 1 aliphatic heterocycles. The van der Waals surface area contributed by atoms with Gasteiger partial charge >= 0.3 is 6.18 Å². The van der Waals surface area contributed by atoms with Gasteiger partial charge < -0.3 is 30.4 Å². The molecule has 246 valence electrons. The Morgan fingerprint density at radius 3 is 2.51 bits per heavy atom. The third-order valence-corrected chi connectivity index (χ3v) is 8.08. The van der Waals surface area contributed by atoms with E-state index in [0.717, 1.165) is 18.9 Å². The van der Waals surface area contributed by atoms with Gasteiger partial charge in [-0.2, -0.15) is 13.2 Å². The van der Waals surface area contributed by atoms with Crippen LogP contribution < -0.4 is 25.3 Å². The van der Waals surface area contributed by atoms with E-state index >= 15 is 0 Å². The maximum Gasteiger partial charge on any atom is 0.424 e. The van der Waals surface area contributed by atoms with E-state index in [1.807, 2.05) is 0 Å². The summed E-state index contributed by atoms with van der Waals surface area (Å²) in [4.78, 5) is 29.7. The van der Waals surface area contributed by atoms with Crippen LogP contribution in [0, 0.1) is 5.82 Å². The van der Waals surface area contributed by atoms with Crippen LogP contribution in [0.1, 0.15) is 41.4 Å². The van der Waals surface area contributed by atoms with Crippen molar-refractivity contribution in [1.82, 2.24) is 25.3 Å². The average molecular weight is 657 g/mol. The van der Waals surface area contributed by atoms with Crippen LogP contribution in [0.2, 0.25) is 0 Å². The maximum atomic E-state index is 14.8. The number of carbonyl (C=O) groups is 2. The van der Waals surface area contributed by atoms with Crippen LogP contribution in [-0.4, -0.2) is 69.4 Å². The number of nitrogens with zero attached hydrogens (tertiary/aromatic N) is 4. The van der Waals surface area contributed by atoms with Gasteiger partial charge in [0.1, 0.15) is 29.2 Å². The number of hydrogen-bond donors (Lipinski definition) is 3. The number of methoxy groups -OCH3 is 1. The molecule has 47 heavy (non-hydrogen) atoms. The molecule has 2 aliphatic rings. The van der Waals surface area contributed by atoms with Gasteiger partial charge in [0.15, 0.2) is 17.2 Å². The zero-order valence-electron chi connectivity index (χ0n) is 25.0. The smallest absolute Gasteiger partial charge is 0.424 e. The number of primary amides is 1. The fourth-order valence-corrected chi connectivity index (χ4v) is 4.98. The third-order valence-electron chi connectivity index (χ3n) is 8.08. The normalized spacial score (nSPS) is 18.5. The summed E-state index contributed by atoms with van der Waals surface area (Å²) in [6.45, 7) is -0.312. The Morgan fingerprint density at radius 2 is 1.87 bits per heavy atom. The first-order chi connectivity index (χ1) is 22.2. The van der Waals surface area contributed by atoms with Crippen molar-refractivity contribution in [3.05, 3.63) is 77.4 Å². The topological polar surface area (TPSA) is 164 Å². The second kappa shape index (κ2) is 11.5. The highest BCUT2D eigenvalue weighted by molar-refractivity contribution is 5.95. The molecule has 2 atom stereocenters. The van der Waals surface area contributed by atoms with Crippen molar-refractivity contribution in [2.24, 2.45) is 5.73 Å². The summed E-state index contributed by atoms with van der Waals surface area (Å²) >= 11 is 0. The van der Waals surface area contributed by atoms with E-state index < -0.39 is 47.1 Å². The molecule has 1 saturated carbocycles. The van der Waals surface area contributed by atoms with Gasteiger partial charge in [0.05, 0.1) is 37.3 Å². The second-order valence-corrected chi connectivity index (χ2v) is 11.5. The van der Waals surface area contributed by atoms with Gasteiger partial charge in [-0.1, -0.05) is 5.21 Å². The van der Waals surface area contributed by atoms with Gasteiger partial charge in [-0.3, -0.25) is 9.59 Å². The lowest BCUT2D eigenvalue weighted by Gasteiger charge is -2.31. The minimum atomic E-state index is -5.38. The summed E-state index contributed by atoms with van der Waals surface area (Å²) in [5.74, 6) is -1.85. The number of halogens is 4. The zero-order valence-corrected chi connectivity index (χ0v) is 25.0. The Bertz CT molecular complexity index is 1860. The zero-order chi connectivity index (χ0) is 33.7. The number of hydrogen-bond acceptors (Lipinski definition) is 9. The van der Waals surface area contributed by atoms with E-state index in [0.29, 0.717) is 11.4 Å². The van der Waals surface area contributed by atoms with Crippen molar-refractivity contribution in [3.8, 4) is 34.3 Å². The number of ether oxygens (including phenoxy) is 3. The predicted molar refractivity (Wildman–Crippen MR) is 156 cm³/mol. The van der Waals surface area contributed by atoms with E-state index in [-0.39, 0.29) is 46.7 Å². The largest absolute Gasteiger partial charge is 0.493 e. The van der Waals surface area contributed by atoms with E-state index in [1.165, 1.54) is 67.4 Å². The molecule has 0 spiro atoms. The lowest BCUT2D eigenvalue weighted by Crippen LogP contribution is -2.51. The highest BCUT2D eigenvalue weighted by Gasteiger charge is 2.58. The van der Waals surface area contributed by atoms with Crippen LogP contribution in [0.5, 0.6) is 17.2 Å². The van der Waals surface area contributed by atoms with Crippen LogP contribution in [-0.2, 0) is 15.8 Å². The SMILES string of the molecule is COc1cc(C(=O)NCC(O)(c2cc3c(c(-c4cn(-c5ccc(F)cc5)nn4)n2)OC[C@]3(C)C(N)=O)C(F)(F)F)ccc1OC1CC1. The van der Waals surface area contributed by atoms with Crippen molar-refractivity contribution in [2.45, 2.75) is 43.1 Å². The second-order valence-electron chi connectivity index (χ2n) is 11.5. The Balaban J connectivity index is 1.38. The van der Waals surface area contributed by atoms with Crippen molar-refractivity contribution in [1.29, 1.82) is 0 Å². The molecule has 6 rings (SSSR count). The van der Waals surface area contributed by atoms with Crippen molar-refractivity contribution < 1.29 is 46.5 Å². The number of nitrogens with two attached hydrogens (primary N) is 1. The third kappa shape index (κ3) is 5.80. The number of carbonyl (C=O) groups excluding carboxylic acids is 2. The number of aliphatic hydroxyl groups is 1. The average Bonchev–Trinajstić information content (AvgIpc) is 3.60. The molecule has 0 radical (unpaired) electrons. The molecule has 2 aromatic carbocycles. The molecule has 4 aromatic rings. The minimum absolute atomic E-state index is 0.0318. The molecular weight excluding hydrogens is 628 g/mol. The van der Waals surface area contributed by atoms with Crippen LogP contribution in [0.4, 0.5) is 17.6 Å². The molecule has 1 fully saturated rings. The van der Waals surface area contributed by atoms with Gasteiger partial charge in [-0.15, -0.1) is 5.10 Å². The van der Waals surface area contributed by atoms with Gasteiger partial charge in [0, 0.05) is 11.1 Å². The molecule has 0 saturated heterocycles. The number of rotatable bonds is 10. The van der Waals surface area contributed by atoms with E-state index in [2.05, 4.69) is 20.6 Å². The Labute approximate surface area is 264 Å². The van der Waals surface area contributed by atoms with Crippen molar-refractivity contribution in [3.63, 3.8) is 0 Å². The number of benzene rings is 2. The van der Waals surface area contributed by atoms with Crippen LogP contribution in [0.3, 0.4) is 0 Å². The minimum Gasteiger partial charge on any atom is -0.493 e. The number of nitrogens with one attached hydrogen (secondary N) is 1. The van der Waals surface area contributed by atoms with E-state index in [4.69, 9.17) is 19.9 Å². The van der Waals surface area contributed by atoms with E-state index in [9.17, 15) is 32.3 Å². The molecule has 16 heteroatoms. The summed E-state index contributed by atoms with van der Waals surface area (Å²) in [5.41, 5.74) is -0.812. The summed E-state index contributed by atoms with van der Waals surface area (Å²) in [5, 5.41) is 21.4. The Hall–Kier alpha value is -5.25. The summed E-state index contributed by atoms with van der Waals surface area (Å²) in [7, 11) is 1.36. The number of alkyl halides is 3. The van der Waals surface area contributed by atoms with Crippen LogP contribution in [0.15, 0.2) is 54.7 Å². The van der Waals surface area contributed by atoms with E-state index in [1.54, 1.807) is 0 Å². The number of aromatic nitrogens is 4. The highest BCUT2D eigenvalue weighted by atomic mass is 19.4. The quantitative estimate of drug-likeness (QED) is 0.217. The highest BCUT2D eigenvalue weighted by Crippen LogP contribution is 2.47. The number of amides is 2. The fraction of sp³-hybridized carbons (Fsp3) is 0.323. The van der Waals surface area contributed by atoms with Crippen LogP contribution in [0.25, 0.3) is 17.1 Å².